The minimum Gasteiger partial charge on any atom is -0.497 e. The molecule has 7 nitrogen and oxygen atoms in total. The maximum atomic E-state index is 12.2. The third-order valence-electron chi connectivity index (χ3n) is 5.59. The van der Waals surface area contributed by atoms with E-state index in [-0.39, 0.29) is 5.91 Å². The summed E-state index contributed by atoms with van der Waals surface area (Å²) in [6.07, 6.45) is 0.801. The summed E-state index contributed by atoms with van der Waals surface area (Å²) < 4.78 is 5.26. The second kappa shape index (κ2) is 11.4. The smallest absolute Gasteiger partial charge is 0.253 e. The third-order valence-corrected chi connectivity index (χ3v) is 5.59. The molecule has 0 aliphatic carbocycles. The Bertz CT molecular complexity index is 903. The molecule has 1 amide bonds. The molecular weight excluding hydrogens is 402 g/mol. The van der Waals surface area contributed by atoms with E-state index in [2.05, 4.69) is 40.2 Å². The summed E-state index contributed by atoms with van der Waals surface area (Å²) in [5.74, 6) is 1.87. The SMILES string of the molecule is CCNC(=NCCc1cccc(C(=O)N(C)C)c1)N1CCN(c2ccc(OC)cc2)CC1. The lowest BCUT2D eigenvalue weighted by Crippen LogP contribution is -2.52. The number of carbonyl (C=O) groups is 1. The molecule has 172 valence electrons. The van der Waals surface area contributed by atoms with Gasteiger partial charge in [0.05, 0.1) is 7.11 Å². The van der Waals surface area contributed by atoms with Crippen LogP contribution >= 0.6 is 0 Å². The van der Waals surface area contributed by atoms with Crippen molar-refractivity contribution in [3.8, 4) is 5.75 Å². The molecule has 1 fully saturated rings. The van der Waals surface area contributed by atoms with Crippen molar-refractivity contribution in [1.29, 1.82) is 0 Å². The number of nitrogens with zero attached hydrogens (tertiary/aromatic N) is 4. The lowest BCUT2D eigenvalue weighted by molar-refractivity contribution is 0.0827. The molecule has 32 heavy (non-hydrogen) atoms. The number of anilines is 1. The average molecular weight is 438 g/mol. The van der Waals surface area contributed by atoms with Crippen molar-refractivity contribution in [2.24, 2.45) is 4.99 Å². The molecule has 0 unspecified atom stereocenters. The number of rotatable bonds is 7. The fourth-order valence-electron chi connectivity index (χ4n) is 3.80. The van der Waals surface area contributed by atoms with E-state index in [1.54, 1.807) is 26.1 Å². The molecule has 2 aromatic carbocycles. The highest BCUT2D eigenvalue weighted by molar-refractivity contribution is 5.94. The molecule has 0 bridgehead atoms. The molecule has 1 saturated heterocycles. The summed E-state index contributed by atoms with van der Waals surface area (Å²) in [5.41, 5.74) is 3.07. The molecule has 1 aliphatic heterocycles. The number of guanidine groups is 1. The van der Waals surface area contributed by atoms with Gasteiger partial charge in [0.2, 0.25) is 0 Å². The predicted molar refractivity (Wildman–Crippen MR) is 131 cm³/mol. The minimum atomic E-state index is 0.0263. The third kappa shape index (κ3) is 6.15. The molecule has 0 aromatic heterocycles. The van der Waals surface area contributed by atoms with Gasteiger partial charge >= 0.3 is 0 Å². The predicted octanol–water partition coefficient (Wildman–Crippen LogP) is 2.73. The first-order valence-electron chi connectivity index (χ1n) is 11.2. The second-order valence-electron chi connectivity index (χ2n) is 8.06. The van der Waals surface area contributed by atoms with Crippen LogP contribution in [0.2, 0.25) is 0 Å². The first kappa shape index (κ1) is 23.4. The van der Waals surface area contributed by atoms with Gasteiger partial charge in [-0.05, 0) is 55.3 Å². The van der Waals surface area contributed by atoms with Crippen LogP contribution in [0.5, 0.6) is 5.75 Å². The number of carbonyl (C=O) groups excluding carboxylic acids is 1. The number of benzene rings is 2. The molecule has 7 heteroatoms. The molecule has 0 saturated carbocycles. The normalized spacial score (nSPS) is 14.3. The molecule has 1 N–H and O–H groups in total. The Balaban J connectivity index is 1.57. The quantitative estimate of drug-likeness (QED) is 0.533. The highest BCUT2D eigenvalue weighted by atomic mass is 16.5. The van der Waals surface area contributed by atoms with Crippen LogP contribution in [0.1, 0.15) is 22.8 Å². The van der Waals surface area contributed by atoms with Crippen LogP contribution in [0, 0.1) is 0 Å². The maximum absolute atomic E-state index is 12.2. The Morgan fingerprint density at radius 1 is 1.09 bits per heavy atom. The van der Waals surface area contributed by atoms with E-state index in [9.17, 15) is 4.79 Å². The van der Waals surface area contributed by atoms with Gasteiger partial charge in [-0.2, -0.15) is 0 Å². The summed E-state index contributed by atoms with van der Waals surface area (Å²) in [7, 11) is 5.24. The van der Waals surface area contributed by atoms with E-state index in [0.717, 1.165) is 62.0 Å². The first-order chi connectivity index (χ1) is 15.5. The number of amides is 1. The van der Waals surface area contributed by atoms with Crippen molar-refractivity contribution in [1.82, 2.24) is 15.1 Å². The van der Waals surface area contributed by atoms with Crippen molar-refractivity contribution >= 4 is 17.6 Å². The van der Waals surface area contributed by atoms with Gasteiger partial charge in [-0.15, -0.1) is 0 Å². The van der Waals surface area contributed by atoms with E-state index in [0.29, 0.717) is 6.54 Å². The second-order valence-corrected chi connectivity index (χ2v) is 8.06. The van der Waals surface area contributed by atoms with Gasteiger partial charge in [-0.25, -0.2) is 0 Å². The zero-order valence-corrected chi connectivity index (χ0v) is 19.7. The first-order valence-corrected chi connectivity index (χ1v) is 11.2. The Morgan fingerprint density at radius 2 is 1.81 bits per heavy atom. The number of nitrogens with one attached hydrogen (secondary N) is 1. The number of piperazine rings is 1. The topological polar surface area (TPSA) is 60.4 Å². The lowest BCUT2D eigenvalue weighted by atomic mass is 10.1. The van der Waals surface area contributed by atoms with E-state index in [4.69, 9.17) is 9.73 Å². The highest BCUT2D eigenvalue weighted by Crippen LogP contribution is 2.20. The molecule has 0 spiro atoms. The Kier molecular flexibility index (Phi) is 8.36. The summed E-state index contributed by atoms with van der Waals surface area (Å²) in [4.78, 5) is 23.4. The average Bonchev–Trinajstić information content (AvgIpc) is 2.83. The van der Waals surface area contributed by atoms with Crippen LogP contribution in [0.15, 0.2) is 53.5 Å². The number of ether oxygens (including phenoxy) is 1. The van der Waals surface area contributed by atoms with Gasteiger partial charge in [0.25, 0.3) is 5.91 Å². The zero-order chi connectivity index (χ0) is 22.9. The van der Waals surface area contributed by atoms with E-state index >= 15 is 0 Å². The monoisotopic (exact) mass is 437 g/mol. The van der Waals surface area contributed by atoms with E-state index in [1.165, 1.54) is 5.69 Å². The highest BCUT2D eigenvalue weighted by Gasteiger charge is 2.20. The van der Waals surface area contributed by atoms with Gasteiger partial charge in [-0.3, -0.25) is 9.79 Å². The summed E-state index contributed by atoms with van der Waals surface area (Å²) in [5, 5.41) is 3.43. The summed E-state index contributed by atoms with van der Waals surface area (Å²) in [6, 6.07) is 16.1. The Hall–Kier alpha value is -3.22. The van der Waals surface area contributed by atoms with E-state index < -0.39 is 0 Å². The van der Waals surface area contributed by atoms with Crippen molar-refractivity contribution in [3.05, 3.63) is 59.7 Å². The molecule has 3 rings (SSSR count). The number of methoxy groups -OCH3 is 1. The van der Waals surface area contributed by atoms with Crippen LogP contribution in [0.25, 0.3) is 0 Å². The van der Waals surface area contributed by atoms with Crippen LogP contribution in [-0.2, 0) is 6.42 Å². The minimum absolute atomic E-state index is 0.0263. The maximum Gasteiger partial charge on any atom is 0.253 e. The van der Waals surface area contributed by atoms with Gasteiger partial charge < -0.3 is 24.8 Å². The molecular formula is C25H35N5O2. The lowest BCUT2D eigenvalue weighted by Gasteiger charge is -2.37. The Morgan fingerprint density at radius 3 is 2.44 bits per heavy atom. The molecule has 0 atom stereocenters. The molecule has 2 aromatic rings. The fourth-order valence-corrected chi connectivity index (χ4v) is 3.80. The van der Waals surface area contributed by atoms with Crippen molar-refractivity contribution in [2.75, 3.05) is 65.4 Å². The van der Waals surface area contributed by atoms with Crippen molar-refractivity contribution in [3.63, 3.8) is 0 Å². The zero-order valence-electron chi connectivity index (χ0n) is 19.7. The largest absolute Gasteiger partial charge is 0.497 e. The Labute approximate surface area is 191 Å². The summed E-state index contributed by atoms with van der Waals surface area (Å²) >= 11 is 0. The number of aliphatic imine (C=N–C) groups is 1. The van der Waals surface area contributed by atoms with Gasteiger partial charge in [-0.1, -0.05) is 12.1 Å². The number of hydrogen-bond donors (Lipinski definition) is 1. The van der Waals surface area contributed by atoms with Crippen molar-refractivity contribution in [2.45, 2.75) is 13.3 Å². The molecule has 1 aliphatic rings. The van der Waals surface area contributed by atoms with Crippen molar-refractivity contribution < 1.29 is 9.53 Å². The van der Waals surface area contributed by atoms with Crippen LogP contribution in [0.3, 0.4) is 0 Å². The van der Waals surface area contributed by atoms with Gasteiger partial charge in [0, 0.05) is 64.6 Å². The fraction of sp³-hybridized carbons (Fsp3) is 0.440. The molecule has 1 heterocycles. The standard InChI is InChI=1S/C25H35N5O2/c1-5-26-25(27-14-13-20-7-6-8-21(19-20)24(31)28(2)3)30-17-15-29(16-18-30)22-9-11-23(32-4)12-10-22/h6-12,19H,5,13-18H2,1-4H3,(H,26,27). The van der Waals surface area contributed by atoms with Crippen LogP contribution in [0.4, 0.5) is 5.69 Å². The van der Waals surface area contributed by atoms with Crippen LogP contribution < -0.4 is 15.0 Å². The molecule has 0 radical (unpaired) electrons. The summed E-state index contributed by atoms with van der Waals surface area (Å²) in [6.45, 7) is 7.36. The van der Waals surface area contributed by atoms with Crippen LogP contribution in [-0.4, -0.2) is 82.1 Å². The van der Waals surface area contributed by atoms with Gasteiger partial charge in [0.1, 0.15) is 5.75 Å². The number of hydrogen-bond acceptors (Lipinski definition) is 4. The van der Waals surface area contributed by atoms with Gasteiger partial charge in [0.15, 0.2) is 5.96 Å². The van der Waals surface area contributed by atoms with E-state index in [1.807, 2.05) is 30.3 Å².